The van der Waals surface area contributed by atoms with Crippen LogP contribution in [0.15, 0.2) is 0 Å². The van der Waals surface area contributed by atoms with E-state index in [4.69, 9.17) is 20.4 Å². The molecule has 0 amide bonds. The number of hydrogen-bond acceptors (Lipinski definition) is 4. The molecular weight excluding hydrogens is 204 g/mol. The Morgan fingerprint density at radius 2 is 0.750 bits per heavy atom. The minimum atomic E-state index is 0. The lowest BCUT2D eigenvalue weighted by Gasteiger charge is -1.68. The monoisotopic (exact) mass is 240 g/mol. The zero-order valence-corrected chi connectivity index (χ0v) is 6.23. The fourth-order valence-corrected chi connectivity index (χ4v) is 0. The van der Waals surface area contributed by atoms with E-state index in [-0.39, 0.29) is 44.6 Å². The molecule has 0 aliphatic rings. The first-order valence-corrected chi connectivity index (χ1v) is 2.82. The maximum absolute atomic E-state index is 8.35. The van der Waals surface area contributed by atoms with Crippen molar-refractivity contribution in [2.24, 2.45) is 0 Å². The van der Waals surface area contributed by atoms with Crippen molar-refractivity contribution in [3.63, 3.8) is 0 Å². The van der Waals surface area contributed by atoms with Crippen molar-refractivity contribution in [3.05, 3.63) is 0 Å². The molecule has 0 spiro atoms. The average Bonchev–Trinajstić information content (AvgIpc) is 1.91. The van der Waals surface area contributed by atoms with E-state index >= 15 is 0 Å². The maximum Gasteiger partial charge on any atom is 0.231 e. The van der Waals surface area contributed by atoms with E-state index in [2.05, 4.69) is 13.8 Å². The third-order valence-electron chi connectivity index (χ3n) is 0.500. The molecule has 0 aromatic rings. The van der Waals surface area contributed by atoms with Crippen molar-refractivity contribution < 1.29 is 9.59 Å². The highest BCUT2D eigenvalue weighted by Gasteiger charge is 1.56. The summed E-state index contributed by atoms with van der Waals surface area (Å²) in [6.07, 6.45) is 4.14. The summed E-state index contributed by atoms with van der Waals surface area (Å²) in [5, 5.41) is 10.8. The van der Waals surface area contributed by atoms with Gasteiger partial charge in [0.1, 0.15) is 0 Å². The number of hydrogen-bond donors (Lipinski definition) is 2. The second kappa shape index (κ2) is 294. The van der Waals surface area contributed by atoms with Crippen molar-refractivity contribution in [2.45, 2.75) is 71.2 Å². The molecule has 0 aromatic carbocycles. The van der Waals surface area contributed by atoms with Crippen LogP contribution in [0.25, 0.3) is 0 Å². The highest BCUT2D eigenvalue weighted by Crippen LogP contribution is 1.76. The average molecular weight is 240 g/mol. The molecular formula is C12H36N2O2. The lowest BCUT2D eigenvalue weighted by atomic mass is 10.4. The van der Waals surface area contributed by atoms with Crippen LogP contribution >= 0.6 is 0 Å². The lowest BCUT2D eigenvalue weighted by Crippen LogP contribution is -1.47. The smallest absolute Gasteiger partial charge is 0.222 e. The predicted octanol–water partition coefficient (Wildman–Crippen LogP) is 5.42. The summed E-state index contributed by atoms with van der Waals surface area (Å²) < 4.78 is 0. The summed E-state index contributed by atoms with van der Waals surface area (Å²) in [4.78, 5) is 16.7. The Balaban J connectivity index is -0.00000000558. The van der Waals surface area contributed by atoms with Gasteiger partial charge in [0.15, 0.2) is 0 Å². The molecule has 0 atom stereocenters. The molecule has 0 fully saturated rings. The van der Waals surface area contributed by atoms with E-state index in [1.54, 1.807) is 0 Å². The van der Waals surface area contributed by atoms with Gasteiger partial charge in [-0.05, 0) is 0 Å². The van der Waals surface area contributed by atoms with Crippen LogP contribution in [0.2, 0.25) is 0 Å². The van der Waals surface area contributed by atoms with Crippen LogP contribution in [-0.4, -0.2) is 12.2 Å². The van der Waals surface area contributed by atoms with Crippen molar-refractivity contribution in [1.29, 1.82) is 10.8 Å². The molecule has 0 radical (unpaired) electrons. The molecule has 0 unspecified atom stereocenters. The molecule has 4 nitrogen and oxygen atoms in total. The van der Waals surface area contributed by atoms with E-state index in [0.717, 1.165) is 12.2 Å². The van der Waals surface area contributed by atoms with E-state index < -0.39 is 0 Å². The molecule has 0 aromatic heterocycles. The largest absolute Gasteiger partial charge is 0.231 e. The fourth-order valence-electron chi connectivity index (χ4n) is 0. The Labute approximate surface area is 104 Å². The highest BCUT2D eigenvalue weighted by molar-refractivity contribution is 5.26. The second-order valence-corrected chi connectivity index (χ2v) is 1.20. The molecule has 0 heterocycles. The van der Waals surface area contributed by atoms with Crippen molar-refractivity contribution in [3.8, 4) is 0 Å². The van der Waals surface area contributed by atoms with Crippen LogP contribution in [-0.2, 0) is 9.59 Å². The number of carbonyl (C=O) groups excluding carboxylic acids is 2. The van der Waals surface area contributed by atoms with E-state index in [1.165, 1.54) is 12.8 Å². The normalized spacial score (nSPS) is 2.88. The Kier molecular flexibility index (Phi) is 1550. The zero-order valence-electron chi connectivity index (χ0n) is 6.23. The Morgan fingerprint density at radius 3 is 0.750 bits per heavy atom. The van der Waals surface area contributed by atoms with E-state index in [9.17, 15) is 0 Å². The number of unbranched alkanes of at least 4 members (excludes halogenated alkanes) is 1. The predicted molar refractivity (Wildman–Crippen MR) is 77.8 cm³/mol. The van der Waals surface area contributed by atoms with Crippen LogP contribution in [0, 0.1) is 10.8 Å². The van der Waals surface area contributed by atoms with Gasteiger partial charge in [-0.1, -0.05) is 71.2 Å². The van der Waals surface area contributed by atoms with Crippen molar-refractivity contribution >= 4 is 12.2 Å². The summed E-state index contributed by atoms with van der Waals surface area (Å²) in [5.74, 6) is 0. The first kappa shape index (κ1) is 84.2. The summed E-state index contributed by atoms with van der Waals surface area (Å²) >= 11 is 0. The highest BCUT2D eigenvalue weighted by atomic mass is 16.1. The maximum atomic E-state index is 8.35. The lowest BCUT2D eigenvalue weighted by molar-refractivity contribution is 0.562. The molecule has 0 aliphatic carbocycles. The van der Waals surface area contributed by atoms with Gasteiger partial charge in [-0.25, -0.2) is 20.4 Å². The summed E-state index contributed by atoms with van der Waals surface area (Å²) in [6.45, 7) is 4.36. The van der Waals surface area contributed by atoms with Crippen molar-refractivity contribution in [2.75, 3.05) is 0 Å². The second-order valence-electron chi connectivity index (χ2n) is 1.20. The third-order valence-corrected chi connectivity index (χ3v) is 0.500. The first-order chi connectivity index (χ1) is 4.74. The molecule has 0 saturated heterocycles. The van der Waals surface area contributed by atoms with Gasteiger partial charge in [0.25, 0.3) is 0 Å². The summed E-state index contributed by atoms with van der Waals surface area (Å²) in [7, 11) is 0. The molecule has 4 heteroatoms. The number of rotatable bonds is 1. The molecule has 16 heavy (non-hydrogen) atoms. The van der Waals surface area contributed by atoms with Gasteiger partial charge in [0, 0.05) is 0 Å². The molecule has 0 aliphatic heterocycles. The minimum absolute atomic E-state index is 0. The molecule has 106 valence electrons. The first-order valence-electron chi connectivity index (χ1n) is 2.82. The SMILES string of the molecule is C.C.C.C.C.C.CCCC.N=C=O.N=C=O. The summed E-state index contributed by atoms with van der Waals surface area (Å²) in [6, 6.07) is 0. The van der Waals surface area contributed by atoms with Gasteiger partial charge in [0.2, 0.25) is 12.2 Å². The van der Waals surface area contributed by atoms with Gasteiger partial charge in [-0.15, -0.1) is 0 Å². The minimum Gasteiger partial charge on any atom is -0.222 e. The van der Waals surface area contributed by atoms with Gasteiger partial charge in [-0.3, -0.25) is 0 Å². The zero-order chi connectivity index (χ0) is 8.83. The molecule has 0 rings (SSSR count). The van der Waals surface area contributed by atoms with Crippen LogP contribution in [0.5, 0.6) is 0 Å². The Hall–Kier alpha value is -1.24. The van der Waals surface area contributed by atoms with Crippen LogP contribution in [0.4, 0.5) is 0 Å². The Morgan fingerprint density at radius 1 is 0.688 bits per heavy atom. The number of isocyanates is 2. The van der Waals surface area contributed by atoms with Gasteiger partial charge in [-0.2, -0.15) is 0 Å². The van der Waals surface area contributed by atoms with Gasteiger partial charge < -0.3 is 0 Å². The van der Waals surface area contributed by atoms with Crippen molar-refractivity contribution in [1.82, 2.24) is 0 Å². The molecule has 0 bridgehead atoms. The fraction of sp³-hybridized carbons (Fsp3) is 0.833. The molecule has 0 saturated carbocycles. The number of nitrogens with one attached hydrogen (secondary N) is 2. The van der Waals surface area contributed by atoms with Crippen LogP contribution in [0.3, 0.4) is 0 Å². The quantitative estimate of drug-likeness (QED) is 0.473. The van der Waals surface area contributed by atoms with Gasteiger partial charge >= 0.3 is 0 Å². The van der Waals surface area contributed by atoms with E-state index in [0.29, 0.717) is 0 Å². The third kappa shape index (κ3) is 30600. The van der Waals surface area contributed by atoms with Crippen LogP contribution in [0.1, 0.15) is 71.2 Å². The standard InChI is InChI=1S/C4H10.2CHNO.6CH4/c1-3-4-2;2*2-1-3;;;;;;/h3-4H2,1-2H3;2*2H;6*1H4. The Bertz CT molecular complexity index is 89.6. The topological polar surface area (TPSA) is 81.8 Å². The van der Waals surface area contributed by atoms with E-state index in [1.807, 2.05) is 0 Å². The van der Waals surface area contributed by atoms with Gasteiger partial charge in [0.05, 0.1) is 0 Å². The van der Waals surface area contributed by atoms with Crippen LogP contribution < -0.4 is 0 Å². The molecule has 2 N–H and O–H groups in total. The summed E-state index contributed by atoms with van der Waals surface area (Å²) in [5.41, 5.74) is 0.